The third kappa shape index (κ3) is 7.25. The Hall–Kier alpha value is -1.93. The van der Waals surface area contributed by atoms with Gasteiger partial charge in [0.25, 0.3) is 10.1 Å². The van der Waals surface area contributed by atoms with Crippen molar-refractivity contribution >= 4 is 22.0 Å². The highest BCUT2D eigenvalue weighted by Crippen LogP contribution is 2.24. The van der Waals surface area contributed by atoms with E-state index in [-0.39, 0.29) is 12.3 Å². The second kappa shape index (κ2) is 8.64. The molecule has 0 aliphatic heterocycles. The van der Waals surface area contributed by atoms with E-state index in [1.807, 2.05) is 37.3 Å². The quantitative estimate of drug-likeness (QED) is 0.583. The first-order chi connectivity index (χ1) is 10.7. The average Bonchev–Trinajstić information content (AvgIpc) is 2.45. The van der Waals surface area contributed by atoms with Gasteiger partial charge in [-0.15, -0.1) is 0 Å². The van der Waals surface area contributed by atoms with Gasteiger partial charge in [0.05, 0.1) is 0 Å². The number of nitrogens with one attached hydrogen (secondary N) is 1. The van der Waals surface area contributed by atoms with Crippen LogP contribution in [0, 0.1) is 0 Å². The van der Waals surface area contributed by atoms with Gasteiger partial charge in [-0.3, -0.25) is 9.35 Å². The largest absolute Gasteiger partial charge is 0.480 e. The number of hydrogen-bond donors (Lipinski definition) is 3. The maximum Gasteiger partial charge on any atom is 0.327 e. The molecule has 1 amide bonds. The summed E-state index contributed by atoms with van der Waals surface area (Å²) in [6.07, 6.45) is 1.64. The van der Waals surface area contributed by atoms with Gasteiger partial charge in [-0.25, -0.2) is 4.79 Å². The third-order valence-electron chi connectivity index (χ3n) is 3.35. The molecule has 0 saturated carbocycles. The van der Waals surface area contributed by atoms with Gasteiger partial charge in [-0.1, -0.05) is 43.7 Å². The van der Waals surface area contributed by atoms with E-state index in [1.165, 1.54) is 0 Å². The molecule has 0 aliphatic carbocycles. The van der Waals surface area contributed by atoms with Crippen molar-refractivity contribution in [3.63, 3.8) is 0 Å². The molecule has 1 unspecified atom stereocenters. The zero-order valence-corrected chi connectivity index (χ0v) is 13.6. The number of benzene rings is 1. The minimum Gasteiger partial charge on any atom is -0.480 e. The van der Waals surface area contributed by atoms with Crippen molar-refractivity contribution in [3.05, 3.63) is 35.9 Å². The third-order valence-corrected chi connectivity index (χ3v) is 4.11. The second-order valence-electron chi connectivity index (χ2n) is 5.31. The highest BCUT2D eigenvalue weighted by atomic mass is 32.2. The van der Waals surface area contributed by atoms with E-state index in [0.29, 0.717) is 0 Å². The van der Waals surface area contributed by atoms with Crippen molar-refractivity contribution in [2.45, 2.75) is 38.1 Å². The van der Waals surface area contributed by atoms with Crippen LogP contribution < -0.4 is 5.32 Å². The Morgan fingerprint density at radius 2 is 1.83 bits per heavy atom. The fraction of sp³-hybridized carbons (Fsp3) is 0.467. The Balaban J connectivity index is 2.76. The topological polar surface area (TPSA) is 121 Å². The van der Waals surface area contributed by atoms with Crippen molar-refractivity contribution in [3.8, 4) is 0 Å². The lowest BCUT2D eigenvalue weighted by Gasteiger charge is -2.18. The molecular formula is C15H21NO6S. The lowest BCUT2D eigenvalue weighted by molar-refractivity contribution is -0.141. The highest BCUT2D eigenvalue weighted by molar-refractivity contribution is 7.85. The summed E-state index contributed by atoms with van der Waals surface area (Å²) < 4.78 is 30.4. The number of amides is 1. The normalized spacial score (nSPS) is 14.0. The molecule has 0 aromatic heterocycles. The number of aliphatic carboxylic acids is 1. The van der Waals surface area contributed by atoms with Gasteiger partial charge in [0.1, 0.15) is 11.8 Å². The van der Waals surface area contributed by atoms with E-state index in [0.717, 1.165) is 18.4 Å². The van der Waals surface area contributed by atoms with Gasteiger partial charge in [-0.05, 0) is 17.9 Å². The number of rotatable bonds is 9. The van der Waals surface area contributed by atoms with E-state index >= 15 is 0 Å². The smallest absolute Gasteiger partial charge is 0.327 e. The van der Waals surface area contributed by atoms with Gasteiger partial charge in [0, 0.05) is 6.42 Å². The molecule has 3 N–H and O–H groups in total. The number of hydrogen-bond acceptors (Lipinski definition) is 4. The van der Waals surface area contributed by atoms with Gasteiger partial charge in [-0.2, -0.15) is 8.42 Å². The van der Waals surface area contributed by atoms with E-state index in [9.17, 15) is 18.0 Å². The van der Waals surface area contributed by atoms with Crippen molar-refractivity contribution in [2.75, 3.05) is 5.75 Å². The lowest BCUT2D eigenvalue weighted by Crippen LogP contribution is -2.45. The second-order valence-corrected chi connectivity index (χ2v) is 6.80. The van der Waals surface area contributed by atoms with Crippen molar-refractivity contribution in [2.24, 2.45) is 0 Å². The highest BCUT2D eigenvalue weighted by Gasteiger charge is 2.26. The predicted octanol–water partition coefficient (Wildman–Crippen LogP) is 1.42. The van der Waals surface area contributed by atoms with Crippen LogP contribution in [0.15, 0.2) is 30.3 Å². The Morgan fingerprint density at radius 1 is 1.22 bits per heavy atom. The van der Waals surface area contributed by atoms with E-state index in [4.69, 9.17) is 9.66 Å². The van der Waals surface area contributed by atoms with Gasteiger partial charge >= 0.3 is 5.97 Å². The molecule has 0 spiro atoms. The van der Waals surface area contributed by atoms with Crippen LogP contribution in [0.5, 0.6) is 0 Å². The molecule has 0 fully saturated rings. The summed E-state index contributed by atoms with van der Waals surface area (Å²) >= 11 is 0. The fourth-order valence-corrected chi connectivity index (χ4v) is 2.97. The van der Waals surface area contributed by atoms with Crippen LogP contribution in [0.3, 0.4) is 0 Å². The van der Waals surface area contributed by atoms with Crippen LogP contribution in [-0.4, -0.2) is 41.7 Å². The molecule has 2 atom stereocenters. The minimum atomic E-state index is -4.50. The summed E-state index contributed by atoms with van der Waals surface area (Å²) in [5.41, 5.74) is 0.964. The zero-order valence-electron chi connectivity index (χ0n) is 12.8. The maximum absolute atomic E-state index is 12.1. The van der Waals surface area contributed by atoms with Crippen LogP contribution in [0.4, 0.5) is 0 Å². The first-order valence-corrected chi connectivity index (χ1v) is 8.86. The van der Waals surface area contributed by atoms with Gasteiger partial charge < -0.3 is 10.4 Å². The molecule has 128 valence electrons. The Bertz CT molecular complexity index is 629. The van der Waals surface area contributed by atoms with Crippen molar-refractivity contribution < 1.29 is 27.7 Å². The van der Waals surface area contributed by atoms with Crippen LogP contribution in [0.2, 0.25) is 0 Å². The first kappa shape index (κ1) is 19.1. The summed E-state index contributed by atoms with van der Waals surface area (Å²) in [5.74, 6) is -3.22. The molecule has 0 aliphatic rings. The minimum absolute atomic E-state index is 0.0487. The monoisotopic (exact) mass is 343 g/mol. The molecular weight excluding hydrogens is 322 g/mol. The van der Waals surface area contributed by atoms with Crippen LogP contribution in [0.25, 0.3) is 0 Å². The van der Waals surface area contributed by atoms with E-state index in [1.54, 1.807) is 0 Å². The summed E-state index contributed by atoms with van der Waals surface area (Å²) in [6, 6.07) is 7.68. The van der Waals surface area contributed by atoms with Crippen LogP contribution in [0.1, 0.15) is 37.7 Å². The average molecular weight is 343 g/mol. The van der Waals surface area contributed by atoms with Gasteiger partial charge in [0.15, 0.2) is 0 Å². The Kier molecular flexibility index (Phi) is 7.18. The first-order valence-electron chi connectivity index (χ1n) is 7.25. The zero-order chi connectivity index (χ0) is 17.5. The Labute approximate surface area is 135 Å². The molecule has 0 saturated heterocycles. The summed E-state index contributed by atoms with van der Waals surface area (Å²) in [6.45, 7) is 1.98. The molecule has 0 radical (unpaired) electrons. The molecule has 1 aromatic carbocycles. The molecule has 0 heterocycles. The molecule has 23 heavy (non-hydrogen) atoms. The van der Waals surface area contributed by atoms with E-state index in [2.05, 4.69) is 5.32 Å². The number of carboxylic acids is 1. The number of carboxylic acid groups (broad SMARTS) is 1. The van der Waals surface area contributed by atoms with Crippen LogP contribution in [-0.2, 0) is 19.7 Å². The fourth-order valence-electron chi connectivity index (χ4n) is 2.32. The molecule has 8 heteroatoms. The maximum atomic E-state index is 12.1. The molecule has 0 bridgehead atoms. The molecule has 1 rings (SSSR count). The number of carbonyl (C=O) groups is 2. The molecule has 1 aromatic rings. The predicted molar refractivity (Wildman–Crippen MR) is 84.7 cm³/mol. The number of carbonyl (C=O) groups excluding carboxylic acids is 1. The summed E-state index contributed by atoms with van der Waals surface area (Å²) in [5, 5.41) is 11.1. The van der Waals surface area contributed by atoms with E-state index < -0.39 is 33.8 Å². The Morgan fingerprint density at radius 3 is 2.30 bits per heavy atom. The summed E-state index contributed by atoms with van der Waals surface area (Å²) in [4.78, 5) is 23.1. The van der Waals surface area contributed by atoms with Crippen molar-refractivity contribution in [1.82, 2.24) is 5.32 Å². The SMILES string of the molecule is CCCC(CC(=O)N[C@@H](CS(=O)(=O)O)C(=O)O)c1ccccc1. The van der Waals surface area contributed by atoms with Crippen LogP contribution >= 0.6 is 0 Å². The summed E-state index contributed by atoms with van der Waals surface area (Å²) in [7, 11) is -4.50. The molecule has 7 nitrogen and oxygen atoms in total. The van der Waals surface area contributed by atoms with Crippen molar-refractivity contribution in [1.29, 1.82) is 0 Å². The standard InChI is InChI=1S/C15H21NO6S/c1-2-6-12(11-7-4-3-5-8-11)9-14(17)16-13(15(18)19)10-23(20,21)22/h3-5,7-8,12-13H,2,6,9-10H2,1H3,(H,16,17)(H,18,19)(H,20,21,22)/t12?,13-/m0/s1. The van der Waals surface area contributed by atoms with Gasteiger partial charge in [0.2, 0.25) is 5.91 Å². The lowest BCUT2D eigenvalue weighted by atomic mass is 9.91.